The maximum absolute atomic E-state index is 13.7. The van der Waals surface area contributed by atoms with Gasteiger partial charge in [-0.15, -0.1) is 0 Å². The SMILES string of the molecule is Cc1ccc(S(=O)(=O)n2c3cnc(Cl)cc3c3cc(F)cnc32)cc1.Fc1cnc2[nH]c3cnc(Cl)cc3c2c1. The Bertz CT molecular complexity index is 2080. The second kappa shape index (κ2) is 9.77. The van der Waals surface area contributed by atoms with Crippen molar-refractivity contribution in [2.75, 3.05) is 0 Å². The summed E-state index contributed by atoms with van der Waals surface area (Å²) in [6.07, 6.45) is 5.12. The molecule has 7 rings (SSSR count). The van der Waals surface area contributed by atoms with E-state index in [2.05, 4.69) is 24.9 Å². The summed E-state index contributed by atoms with van der Waals surface area (Å²) >= 11 is 11.7. The lowest BCUT2D eigenvalue weighted by Gasteiger charge is -2.08. The molecule has 13 heteroatoms. The van der Waals surface area contributed by atoms with Crippen molar-refractivity contribution in [1.29, 1.82) is 0 Å². The molecular weight excluding hydrogens is 581 g/mol. The topological polar surface area (TPSA) is 106 Å². The van der Waals surface area contributed by atoms with Crippen LogP contribution >= 0.6 is 23.2 Å². The van der Waals surface area contributed by atoms with Crippen LogP contribution in [0, 0.1) is 18.6 Å². The molecule has 0 aliphatic heterocycles. The van der Waals surface area contributed by atoms with Gasteiger partial charge in [0.25, 0.3) is 10.0 Å². The quantitative estimate of drug-likeness (QED) is 0.219. The molecule has 0 aliphatic carbocycles. The van der Waals surface area contributed by atoms with Gasteiger partial charge < -0.3 is 4.98 Å². The number of aryl methyl sites for hydroxylation is 1. The number of aromatic amines is 1. The van der Waals surface area contributed by atoms with Crippen LogP contribution in [-0.2, 0) is 10.0 Å². The predicted molar refractivity (Wildman–Crippen MR) is 150 cm³/mol. The van der Waals surface area contributed by atoms with E-state index in [4.69, 9.17) is 23.2 Å². The number of hydrogen-bond acceptors (Lipinski definition) is 6. The average Bonchev–Trinajstić information content (AvgIpc) is 3.44. The molecule has 0 fully saturated rings. The maximum Gasteiger partial charge on any atom is 0.269 e. The Morgan fingerprint density at radius 1 is 0.750 bits per heavy atom. The first-order valence-corrected chi connectivity index (χ1v) is 13.8. The summed E-state index contributed by atoms with van der Waals surface area (Å²) in [5.74, 6) is -0.927. The van der Waals surface area contributed by atoms with E-state index >= 15 is 0 Å². The minimum Gasteiger partial charge on any atom is -0.338 e. The lowest BCUT2D eigenvalue weighted by molar-refractivity contribution is 0.589. The third kappa shape index (κ3) is 4.51. The zero-order valence-corrected chi connectivity index (χ0v) is 22.7. The second-order valence-corrected chi connectivity index (χ2v) is 11.4. The van der Waals surface area contributed by atoms with E-state index in [1.807, 2.05) is 6.92 Å². The first-order chi connectivity index (χ1) is 19.1. The van der Waals surface area contributed by atoms with E-state index < -0.39 is 15.8 Å². The van der Waals surface area contributed by atoms with Crippen LogP contribution in [0.25, 0.3) is 43.9 Å². The van der Waals surface area contributed by atoms with Gasteiger partial charge in [0, 0.05) is 21.5 Å². The minimum absolute atomic E-state index is 0.109. The van der Waals surface area contributed by atoms with Crippen LogP contribution in [0.15, 0.2) is 78.2 Å². The standard InChI is InChI=1S/C17H11ClFN3O2S.C10H5ClFN3/c1-10-2-4-12(5-3-10)25(23,24)22-15-9-20-16(18)7-13(15)14-6-11(19)8-21-17(14)22;11-9-2-6-7-1-5(12)3-14-10(7)15-8(6)4-13-9/h2-9H,1H3;1-4H,(H,14,15). The van der Waals surface area contributed by atoms with Crippen molar-refractivity contribution in [3.8, 4) is 0 Å². The summed E-state index contributed by atoms with van der Waals surface area (Å²) in [5.41, 5.74) is 2.79. The number of hydrogen-bond donors (Lipinski definition) is 1. The van der Waals surface area contributed by atoms with Crippen molar-refractivity contribution < 1.29 is 17.2 Å². The van der Waals surface area contributed by atoms with Crippen LogP contribution < -0.4 is 0 Å². The zero-order chi connectivity index (χ0) is 28.2. The molecule has 7 aromatic rings. The first kappa shape index (κ1) is 26.1. The molecule has 200 valence electrons. The summed E-state index contributed by atoms with van der Waals surface area (Å²) in [6.45, 7) is 1.87. The van der Waals surface area contributed by atoms with Gasteiger partial charge in [0.2, 0.25) is 0 Å². The van der Waals surface area contributed by atoms with Gasteiger partial charge in [-0.3, -0.25) is 0 Å². The van der Waals surface area contributed by atoms with Crippen molar-refractivity contribution in [2.24, 2.45) is 0 Å². The molecule has 6 heterocycles. The Morgan fingerprint density at radius 2 is 1.38 bits per heavy atom. The van der Waals surface area contributed by atoms with Crippen LogP contribution in [0.3, 0.4) is 0 Å². The number of pyridine rings is 4. The molecule has 0 atom stereocenters. The molecule has 0 aliphatic rings. The maximum atomic E-state index is 13.7. The molecular formula is C27H16Cl2F2N6O2S. The van der Waals surface area contributed by atoms with Crippen LogP contribution in [0.5, 0.6) is 0 Å². The number of fused-ring (bicyclic) bond motifs is 6. The van der Waals surface area contributed by atoms with E-state index in [0.29, 0.717) is 27.0 Å². The second-order valence-electron chi connectivity index (χ2n) is 8.86. The molecule has 8 nitrogen and oxygen atoms in total. The van der Waals surface area contributed by atoms with Crippen molar-refractivity contribution in [1.82, 2.24) is 28.9 Å². The van der Waals surface area contributed by atoms with Crippen molar-refractivity contribution in [2.45, 2.75) is 11.8 Å². The van der Waals surface area contributed by atoms with Crippen LogP contribution in [0.4, 0.5) is 8.78 Å². The molecule has 0 amide bonds. The molecule has 0 saturated heterocycles. The number of nitrogens with zero attached hydrogens (tertiary/aromatic N) is 5. The lowest BCUT2D eigenvalue weighted by atomic mass is 10.2. The molecule has 40 heavy (non-hydrogen) atoms. The van der Waals surface area contributed by atoms with E-state index in [0.717, 1.165) is 26.6 Å². The van der Waals surface area contributed by atoms with E-state index in [1.54, 1.807) is 24.4 Å². The Hall–Kier alpha value is -4.19. The zero-order valence-electron chi connectivity index (χ0n) is 20.4. The molecule has 0 saturated carbocycles. The number of aromatic nitrogens is 6. The molecule has 0 bridgehead atoms. The van der Waals surface area contributed by atoms with Gasteiger partial charge >= 0.3 is 0 Å². The fourth-order valence-electron chi connectivity index (χ4n) is 4.39. The molecule has 0 radical (unpaired) electrons. The molecule has 1 N–H and O–H groups in total. The van der Waals surface area contributed by atoms with Gasteiger partial charge in [-0.2, -0.15) is 0 Å². The Morgan fingerprint density at radius 3 is 2.10 bits per heavy atom. The summed E-state index contributed by atoms with van der Waals surface area (Å²) in [7, 11) is -3.94. The van der Waals surface area contributed by atoms with E-state index in [1.165, 1.54) is 42.7 Å². The molecule has 1 aromatic carbocycles. The smallest absolute Gasteiger partial charge is 0.269 e. The van der Waals surface area contributed by atoms with Crippen molar-refractivity contribution in [3.05, 3.63) is 101 Å². The fraction of sp³-hybridized carbons (Fsp3) is 0.0370. The highest BCUT2D eigenvalue weighted by molar-refractivity contribution is 7.90. The average molecular weight is 597 g/mol. The van der Waals surface area contributed by atoms with E-state index in [9.17, 15) is 17.2 Å². The van der Waals surface area contributed by atoms with Gasteiger partial charge in [0.05, 0.1) is 40.7 Å². The summed E-state index contributed by atoms with van der Waals surface area (Å²) in [6, 6.07) is 12.3. The number of H-pyrrole nitrogens is 1. The minimum atomic E-state index is -3.94. The number of nitrogens with one attached hydrogen (secondary N) is 1. The number of rotatable bonds is 2. The van der Waals surface area contributed by atoms with Crippen LogP contribution in [0.2, 0.25) is 10.3 Å². The largest absolute Gasteiger partial charge is 0.338 e. The highest BCUT2D eigenvalue weighted by Crippen LogP contribution is 2.32. The highest BCUT2D eigenvalue weighted by Gasteiger charge is 2.25. The van der Waals surface area contributed by atoms with Gasteiger partial charge in [-0.05, 0) is 43.3 Å². The number of halogens is 4. The molecule has 0 spiro atoms. The Kier molecular flexibility index (Phi) is 6.37. The monoisotopic (exact) mass is 596 g/mol. The van der Waals surface area contributed by atoms with Gasteiger partial charge in [-0.25, -0.2) is 41.1 Å². The highest BCUT2D eigenvalue weighted by atomic mass is 35.5. The van der Waals surface area contributed by atoms with Crippen molar-refractivity contribution >= 4 is 77.1 Å². The fourth-order valence-corrected chi connectivity index (χ4v) is 6.17. The Balaban J connectivity index is 0.000000164. The van der Waals surface area contributed by atoms with Gasteiger partial charge in [-0.1, -0.05) is 40.9 Å². The van der Waals surface area contributed by atoms with Crippen molar-refractivity contribution in [3.63, 3.8) is 0 Å². The van der Waals surface area contributed by atoms with Gasteiger partial charge in [0.15, 0.2) is 5.65 Å². The first-order valence-electron chi connectivity index (χ1n) is 11.6. The normalized spacial score (nSPS) is 11.8. The number of benzene rings is 1. The molecule has 6 aromatic heterocycles. The third-order valence-corrected chi connectivity index (χ3v) is 8.34. The Labute approximate surface area is 235 Å². The van der Waals surface area contributed by atoms with Crippen LogP contribution in [0.1, 0.15) is 5.56 Å². The van der Waals surface area contributed by atoms with E-state index in [-0.39, 0.29) is 27.0 Å². The summed E-state index contributed by atoms with van der Waals surface area (Å²) < 4.78 is 54.1. The van der Waals surface area contributed by atoms with Gasteiger partial charge in [0.1, 0.15) is 27.6 Å². The molecule has 0 unspecified atom stereocenters. The van der Waals surface area contributed by atoms with Crippen LogP contribution in [-0.4, -0.2) is 37.3 Å². The summed E-state index contributed by atoms with van der Waals surface area (Å²) in [4.78, 5) is 19.0. The third-order valence-electron chi connectivity index (χ3n) is 6.21. The predicted octanol–water partition coefficient (Wildman–Crippen LogP) is 6.83. The lowest BCUT2D eigenvalue weighted by Crippen LogP contribution is -2.13. The summed E-state index contributed by atoms with van der Waals surface area (Å²) in [5, 5.41) is 2.94.